The Kier molecular flexibility index (Phi) is 2.56. The zero-order chi connectivity index (χ0) is 14.1. The van der Waals surface area contributed by atoms with Gasteiger partial charge in [0.2, 0.25) is 0 Å². The van der Waals surface area contributed by atoms with Crippen LogP contribution in [0.1, 0.15) is 35.4 Å². The van der Waals surface area contributed by atoms with Crippen molar-refractivity contribution in [1.29, 1.82) is 0 Å². The van der Waals surface area contributed by atoms with E-state index < -0.39 is 0 Å². The molecule has 102 valence electrons. The molecule has 2 aromatic carbocycles. The van der Waals surface area contributed by atoms with Crippen LogP contribution in [0.2, 0.25) is 10.0 Å². The molecule has 2 aliphatic carbocycles. The monoisotopic (exact) mass is 322 g/mol. The van der Waals surface area contributed by atoms with Crippen molar-refractivity contribution in [3.63, 3.8) is 0 Å². The number of hydrogen-bond acceptors (Lipinski definition) is 0. The highest BCUT2D eigenvalue weighted by Gasteiger charge is 2.73. The van der Waals surface area contributed by atoms with Gasteiger partial charge in [0, 0.05) is 20.9 Å². The normalized spacial score (nSPS) is 33.7. The van der Waals surface area contributed by atoms with E-state index in [1.807, 2.05) is 24.3 Å². The van der Waals surface area contributed by atoms with Crippen LogP contribution < -0.4 is 0 Å². The van der Waals surface area contributed by atoms with Gasteiger partial charge in [-0.25, -0.2) is 0 Å². The molecular formula is C17H13Cl3. The van der Waals surface area contributed by atoms with Gasteiger partial charge in [-0.15, -0.1) is 11.6 Å². The van der Waals surface area contributed by atoms with E-state index >= 15 is 0 Å². The van der Waals surface area contributed by atoms with Crippen LogP contribution in [0.5, 0.6) is 0 Å². The summed E-state index contributed by atoms with van der Waals surface area (Å²) in [5.74, 6) is 0. The Hall–Kier alpha value is -0.690. The Morgan fingerprint density at radius 2 is 1.65 bits per heavy atom. The Balaban J connectivity index is 1.95. The molecule has 2 aromatic rings. The van der Waals surface area contributed by atoms with E-state index in [2.05, 4.69) is 25.1 Å². The summed E-state index contributed by atoms with van der Waals surface area (Å²) in [6.07, 6.45) is 1.09. The second-order valence-corrected chi connectivity index (χ2v) is 7.41. The van der Waals surface area contributed by atoms with Crippen molar-refractivity contribution in [2.45, 2.75) is 24.1 Å². The van der Waals surface area contributed by atoms with Crippen molar-refractivity contribution >= 4 is 34.8 Å². The standard InChI is InChI=1S/C17H13Cl3/c1-16-9-17(16,10-2-4-11(18)5-3-10)14-7-6-12(19)8-13(14)15(16)20/h2-8,15H,9H2,1H3/t15-,16-,17-/m1/s1. The van der Waals surface area contributed by atoms with Crippen molar-refractivity contribution in [3.8, 4) is 0 Å². The Morgan fingerprint density at radius 3 is 2.35 bits per heavy atom. The lowest BCUT2D eigenvalue weighted by molar-refractivity contribution is 0.517. The maximum Gasteiger partial charge on any atom is 0.0654 e. The van der Waals surface area contributed by atoms with Crippen LogP contribution >= 0.6 is 34.8 Å². The van der Waals surface area contributed by atoms with E-state index in [-0.39, 0.29) is 16.2 Å². The molecule has 0 unspecified atom stereocenters. The summed E-state index contributed by atoms with van der Waals surface area (Å²) in [6, 6.07) is 14.3. The lowest BCUT2D eigenvalue weighted by Crippen LogP contribution is -2.13. The molecule has 1 fully saturated rings. The first kappa shape index (κ1) is 13.0. The van der Waals surface area contributed by atoms with Crippen molar-refractivity contribution in [2.75, 3.05) is 0 Å². The summed E-state index contributed by atoms with van der Waals surface area (Å²) < 4.78 is 0. The maximum atomic E-state index is 6.73. The SMILES string of the molecule is C[C@]12C[C@@]1(c1ccc(Cl)cc1)c1ccc(Cl)cc1[C@H]2Cl. The fourth-order valence-corrected chi connectivity index (χ4v) is 4.76. The summed E-state index contributed by atoms with van der Waals surface area (Å²) >= 11 is 18.9. The van der Waals surface area contributed by atoms with Crippen molar-refractivity contribution < 1.29 is 0 Å². The number of benzene rings is 2. The molecule has 0 N–H and O–H groups in total. The number of halogens is 3. The van der Waals surface area contributed by atoms with Gasteiger partial charge in [-0.1, -0.05) is 48.3 Å². The van der Waals surface area contributed by atoms with Crippen LogP contribution in [-0.2, 0) is 5.41 Å². The molecule has 0 amide bonds. The molecule has 0 nitrogen and oxygen atoms in total. The highest BCUT2D eigenvalue weighted by atomic mass is 35.5. The van der Waals surface area contributed by atoms with Gasteiger partial charge in [-0.05, 0) is 47.4 Å². The topological polar surface area (TPSA) is 0 Å². The average Bonchev–Trinajstić information content (AvgIpc) is 3.02. The van der Waals surface area contributed by atoms with E-state index in [9.17, 15) is 0 Å². The summed E-state index contributed by atoms with van der Waals surface area (Å²) in [4.78, 5) is 0. The molecule has 0 aliphatic heterocycles. The van der Waals surface area contributed by atoms with E-state index in [1.165, 1.54) is 16.7 Å². The second kappa shape index (κ2) is 3.94. The molecule has 0 radical (unpaired) electrons. The van der Waals surface area contributed by atoms with Crippen LogP contribution in [0, 0.1) is 5.41 Å². The lowest BCUT2D eigenvalue weighted by Gasteiger charge is -2.18. The van der Waals surface area contributed by atoms with E-state index in [0.717, 1.165) is 16.5 Å². The number of hydrogen-bond donors (Lipinski definition) is 0. The third kappa shape index (κ3) is 1.40. The van der Waals surface area contributed by atoms with Crippen LogP contribution in [0.4, 0.5) is 0 Å². The molecule has 0 heterocycles. The van der Waals surface area contributed by atoms with Crippen molar-refractivity contribution in [2.24, 2.45) is 5.41 Å². The van der Waals surface area contributed by atoms with Crippen molar-refractivity contribution in [1.82, 2.24) is 0 Å². The highest BCUT2D eigenvalue weighted by Crippen LogP contribution is 2.79. The fraction of sp³-hybridized carbons (Fsp3) is 0.294. The molecule has 0 saturated heterocycles. The van der Waals surface area contributed by atoms with Gasteiger partial charge in [0.15, 0.2) is 0 Å². The van der Waals surface area contributed by atoms with Crippen molar-refractivity contribution in [3.05, 3.63) is 69.2 Å². The first-order valence-corrected chi connectivity index (χ1v) is 7.88. The van der Waals surface area contributed by atoms with Gasteiger partial charge < -0.3 is 0 Å². The number of alkyl halides is 1. The molecule has 4 rings (SSSR count). The molecule has 0 bridgehead atoms. The van der Waals surface area contributed by atoms with Gasteiger partial charge in [0.05, 0.1) is 5.38 Å². The van der Waals surface area contributed by atoms with Crippen LogP contribution in [0.3, 0.4) is 0 Å². The zero-order valence-electron chi connectivity index (χ0n) is 11.0. The number of rotatable bonds is 1. The molecule has 1 saturated carbocycles. The van der Waals surface area contributed by atoms with E-state index in [4.69, 9.17) is 34.8 Å². The molecule has 2 aliphatic rings. The summed E-state index contributed by atoms with van der Waals surface area (Å²) in [7, 11) is 0. The minimum absolute atomic E-state index is 0.0203. The molecule has 3 heteroatoms. The largest absolute Gasteiger partial charge is 0.117 e. The Labute approximate surface area is 133 Å². The Bertz CT molecular complexity index is 707. The molecule has 3 atom stereocenters. The van der Waals surface area contributed by atoms with Crippen LogP contribution in [-0.4, -0.2) is 0 Å². The number of fused-ring (bicyclic) bond motifs is 3. The van der Waals surface area contributed by atoms with E-state index in [1.54, 1.807) is 0 Å². The average molecular weight is 324 g/mol. The third-order valence-electron chi connectivity index (χ3n) is 5.13. The summed E-state index contributed by atoms with van der Waals surface area (Å²) in [5, 5.41) is 1.54. The Morgan fingerprint density at radius 1 is 1.00 bits per heavy atom. The first-order valence-electron chi connectivity index (χ1n) is 6.69. The minimum Gasteiger partial charge on any atom is -0.117 e. The zero-order valence-corrected chi connectivity index (χ0v) is 13.2. The second-order valence-electron chi connectivity index (χ2n) is 6.10. The smallest absolute Gasteiger partial charge is 0.0654 e. The van der Waals surface area contributed by atoms with Gasteiger partial charge in [-0.3, -0.25) is 0 Å². The van der Waals surface area contributed by atoms with Gasteiger partial charge in [-0.2, -0.15) is 0 Å². The fourth-order valence-electron chi connectivity index (χ4n) is 4.01. The molecular weight excluding hydrogens is 311 g/mol. The van der Waals surface area contributed by atoms with Gasteiger partial charge in [0.25, 0.3) is 0 Å². The minimum atomic E-state index is 0.0203. The summed E-state index contributed by atoms with van der Waals surface area (Å²) in [5.41, 5.74) is 3.92. The maximum absolute atomic E-state index is 6.73. The molecule has 0 spiro atoms. The van der Waals surface area contributed by atoms with Crippen LogP contribution in [0.25, 0.3) is 0 Å². The predicted molar refractivity (Wildman–Crippen MR) is 85.0 cm³/mol. The van der Waals surface area contributed by atoms with Crippen LogP contribution in [0.15, 0.2) is 42.5 Å². The molecule has 0 aromatic heterocycles. The predicted octanol–water partition coefficient (Wildman–Crippen LogP) is 5.98. The molecule has 20 heavy (non-hydrogen) atoms. The quantitative estimate of drug-likeness (QED) is 0.566. The van der Waals surface area contributed by atoms with Gasteiger partial charge in [0.1, 0.15) is 0 Å². The lowest BCUT2D eigenvalue weighted by atomic mass is 9.85. The third-order valence-corrected chi connectivity index (χ3v) is 6.33. The van der Waals surface area contributed by atoms with E-state index in [0.29, 0.717) is 0 Å². The first-order chi connectivity index (χ1) is 9.49. The summed E-state index contributed by atoms with van der Waals surface area (Å²) in [6.45, 7) is 2.27. The highest BCUT2D eigenvalue weighted by molar-refractivity contribution is 6.31. The van der Waals surface area contributed by atoms with Gasteiger partial charge >= 0.3 is 0 Å².